The maximum Gasteiger partial charge on any atom is 0.303 e. The Bertz CT molecular complexity index is 568. The van der Waals surface area contributed by atoms with Gasteiger partial charge in [-0.25, -0.2) is 0 Å². The first-order chi connectivity index (χ1) is 8.97. The first-order valence-corrected chi connectivity index (χ1v) is 6.22. The number of ketones is 1. The van der Waals surface area contributed by atoms with Gasteiger partial charge in [-0.3, -0.25) is 14.4 Å². The summed E-state index contributed by atoms with van der Waals surface area (Å²) in [5, 5.41) is 11.5. The number of fused-ring (bicyclic) bond motifs is 1. The third-order valence-corrected chi connectivity index (χ3v) is 3.23. The summed E-state index contributed by atoms with van der Waals surface area (Å²) in [6.45, 7) is 0. The average Bonchev–Trinajstić information content (AvgIpc) is 2.66. The molecule has 1 aliphatic heterocycles. The smallest absolute Gasteiger partial charge is 0.303 e. The molecule has 0 radical (unpaired) electrons. The zero-order chi connectivity index (χ0) is 14.0. The normalized spacial score (nSPS) is 13.0. The first kappa shape index (κ1) is 13.5. The van der Waals surface area contributed by atoms with E-state index in [9.17, 15) is 14.4 Å². The molecule has 0 fully saturated rings. The molecule has 0 unspecified atom stereocenters. The summed E-state index contributed by atoms with van der Waals surface area (Å²) < 4.78 is 0. The van der Waals surface area contributed by atoms with Crippen molar-refractivity contribution in [1.29, 1.82) is 0 Å². The molecule has 2 N–H and O–H groups in total. The number of amides is 1. The molecule has 0 bridgehead atoms. The number of carboxylic acids is 1. The highest BCUT2D eigenvalue weighted by molar-refractivity contribution is 6.34. The highest BCUT2D eigenvalue weighted by Gasteiger charge is 2.21. The summed E-state index contributed by atoms with van der Waals surface area (Å²) in [4.78, 5) is 33.6. The summed E-state index contributed by atoms with van der Waals surface area (Å²) in [6.07, 6.45) is 0.598. The Morgan fingerprint density at radius 1 is 1.32 bits per heavy atom. The second-order valence-electron chi connectivity index (χ2n) is 4.38. The number of benzene rings is 1. The molecular weight excluding hydrogens is 270 g/mol. The molecule has 0 atom stereocenters. The number of nitrogens with one attached hydrogen (secondary N) is 1. The van der Waals surface area contributed by atoms with Crippen LogP contribution in [-0.4, -0.2) is 22.8 Å². The largest absolute Gasteiger partial charge is 0.481 e. The SMILES string of the molecule is O=C(O)CCCC(=O)c1cc2c(cc1Cl)NC(=O)C2. The predicted octanol–water partition coefficient (Wildman–Crippen LogP) is 2.27. The topological polar surface area (TPSA) is 83.5 Å². The van der Waals surface area contributed by atoms with E-state index < -0.39 is 5.97 Å². The second-order valence-corrected chi connectivity index (χ2v) is 4.79. The summed E-state index contributed by atoms with van der Waals surface area (Å²) in [5.74, 6) is -1.25. The van der Waals surface area contributed by atoms with E-state index in [1.54, 1.807) is 12.1 Å². The molecule has 0 saturated carbocycles. The number of Topliss-reactive ketones (excluding diaryl/α,β-unsaturated/α-hetero) is 1. The number of carbonyl (C=O) groups excluding carboxylic acids is 2. The van der Waals surface area contributed by atoms with Gasteiger partial charge in [-0.15, -0.1) is 0 Å². The fourth-order valence-corrected chi connectivity index (χ4v) is 2.27. The molecule has 5 nitrogen and oxygen atoms in total. The van der Waals surface area contributed by atoms with Gasteiger partial charge >= 0.3 is 5.97 Å². The number of anilines is 1. The number of hydrogen-bond acceptors (Lipinski definition) is 3. The van der Waals surface area contributed by atoms with Crippen LogP contribution >= 0.6 is 11.6 Å². The molecule has 0 aliphatic carbocycles. The lowest BCUT2D eigenvalue weighted by Crippen LogP contribution is -2.03. The quantitative estimate of drug-likeness (QED) is 0.811. The summed E-state index contributed by atoms with van der Waals surface area (Å²) in [7, 11) is 0. The van der Waals surface area contributed by atoms with E-state index in [0.29, 0.717) is 11.3 Å². The lowest BCUT2D eigenvalue weighted by atomic mass is 10.0. The maximum absolute atomic E-state index is 11.9. The fourth-order valence-electron chi connectivity index (χ4n) is 2.00. The van der Waals surface area contributed by atoms with Crippen molar-refractivity contribution < 1.29 is 19.5 Å². The number of hydrogen-bond donors (Lipinski definition) is 2. The maximum atomic E-state index is 11.9. The number of rotatable bonds is 5. The Balaban J connectivity index is 2.12. The van der Waals surface area contributed by atoms with E-state index in [4.69, 9.17) is 16.7 Å². The van der Waals surface area contributed by atoms with Crippen LogP contribution in [0, 0.1) is 0 Å². The Kier molecular flexibility index (Phi) is 3.85. The molecule has 1 aromatic carbocycles. The van der Waals surface area contributed by atoms with Crippen LogP contribution < -0.4 is 5.32 Å². The number of carboxylic acid groups (broad SMARTS) is 1. The van der Waals surface area contributed by atoms with Crippen LogP contribution in [-0.2, 0) is 16.0 Å². The number of halogens is 1. The molecule has 19 heavy (non-hydrogen) atoms. The Morgan fingerprint density at radius 3 is 2.74 bits per heavy atom. The lowest BCUT2D eigenvalue weighted by molar-refractivity contribution is -0.137. The molecule has 0 aromatic heterocycles. The summed E-state index contributed by atoms with van der Waals surface area (Å²) in [5.41, 5.74) is 1.73. The van der Waals surface area contributed by atoms with Gasteiger partial charge in [0.15, 0.2) is 5.78 Å². The van der Waals surface area contributed by atoms with E-state index in [0.717, 1.165) is 5.56 Å². The lowest BCUT2D eigenvalue weighted by Gasteiger charge is -2.06. The van der Waals surface area contributed by atoms with Crippen LogP contribution in [0.4, 0.5) is 5.69 Å². The van der Waals surface area contributed by atoms with Gasteiger partial charge in [0.2, 0.25) is 5.91 Å². The van der Waals surface area contributed by atoms with Crippen LogP contribution in [0.25, 0.3) is 0 Å². The molecule has 1 heterocycles. The standard InChI is InChI=1S/C13H12ClNO4/c14-9-6-10-7(5-12(17)15-10)4-8(9)11(16)2-1-3-13(18)19/h4,6H,1-3,5H2,(H,15,17)(H,18,19). The third kappa shape index (κ3) is 3.12. The van der Waals surface area contributed by atoms with Gasteiger partial charge in [0.1, 0.15) is 0 Å². The van der Waals surface area contributed by atoms with Crippen molar-refractivity contribution in [3.05, 3.63) is 28.3 Å². The fraction of sp³-hybridized carbons (Fsp3) is 0.308. The molecule has 0 spiro atoms. The van der Waals surface area contributed by atoms with E-state index in [-0.39, 0.29) is 42.4 Å². The van der Waals surface area contributed by atoms with Crippen molar-refractivity contribution in [2.24, 2.45) is 0 Å². The Labute approximate surface area is 114 Å². The van der Waals surface area contributed by atoms with Crippen molar-refractivity contribution in [1.82, 2.24) is 0 Å². The summed E-state index contributed by atoms with van der Waals surface area (Å²) >= 11 is 6.00. The van der Waals surface area contributed by atoms with Gasteiger partial charge < -0.3 is 10.4 Å². The van der Waals surface area contributed by atoms with E-state index in [1.807, 2.05) is 0 Å². The molecule has 1 amide bonds. The molecule has 2 rings (SSSR count). The predicted molar refractivity (Wildman–Crippen MR) is 69.6 cm³/mol. The van der Waals surface area contributed by atoms with E-state index in [1.165, 1.54) is 0 Å². The Hall–Kier alpha value is -1.88. The van der Waals surface area contributed by atoms with Gasteiger partial charge in [0.25, 0.3) is 0 Å². The van der Waals surface area contributed by atoms with E-state index >= 15 is 0 Å². The minimum absolute atomic E-state index is 0.0473. The molecular formula is C13H12ClNO4. The van der Waals surface area contributed by atoms with Crippen LogP contribution in [0.15, 0.2) is 12.1 Å². The minimum Gasteiger partial charge on any atom is -0.481 e. The molecule has 100 valence electrons. The van der Waals surface area contributed by atoms with Crippen LogP contribution in [0.2, 0.25) is 5.02 Å². The molecule has 0 saturated heterocycles. The van der Waals surface area contributed by atoms with Crippen LogP contribution in [0.5, 0.6) is 0 Å². The number of aliphatic carboxylic acids is 1. The zero-order valence-electron chi connectivity index (χ0n) is 10.0. The average molecular weight is 282 g/mol. The van der Waals surface area contributed by atoms with Gasteiger partial charge in [0, 0.05) is 24.1 Å². The van der Waals surface area contributed by atoms with Crippen molar-refractivity contribution >= 4 is 34.9 Å². The van der Waals surface area contributed by atoms with Gasteiger partial charge in [-0.05, 0) is 24.1 Å². The first-order valence-electron chi connectivity index (χ1n) is 5.84. The highest BCUT2D eigenvalue weighted by Crippen LogP contribution is 2.30. The molecule has 1 aliphatic rings. The highest BCUT2D eigenvalue weighted by atomic mass is 35.5. The van der Waals surface area contributed by atoms with Crippen molar-refractivity contribution in [2.75, 3.05) is 5.32 Å². The van der Waals surface area contributed by atoms with Gasteiger partial charge in [0.05, 0.1) is 11.4 Å². The van der Waals surface area contributed by atoms with Crippen molar-refractivity contribution in [2.45, 2.75) is 25.7 Å². The van der Waals surface area contributed by atoms with Crippen molar-refractivity contribution in [3.63, 3.8) is 0 Å². The Morgan fingerprint density at radius 2 is 2.05 bits per heavy atom. The van der Waals surface area contributed by atoms with Crippen molar-refractivity contribution in [3.8, 4) is 0 Å². The minimum atomic E-state index is -0.928. The zero-order valence-corrected chi connectivity index (χ0v) is 10.8. The van der Waals surface area contributed by atoms with Crippen LogP contribution in [0.1, 0.15) is 35.2 Å². The van der Waals surface area contributed by atoms with Gasteiger partial charge in [-0.2, -0.15) is 0 Å². The van der Waals surface area contributed by atoms with E-state index in [2.05, 4.69) is 5.32 Å². The number of carbonyl (C=O) groups is 3. The van der Waals surface area contributed by atoms with Gasteiger partial charge in [-0.1, -0.05) is 11.6 Å². The molecule has 1 aromatic rings. The van der Waals surface area contributed by atoms with Crippen LogP contribution in [0.3, 0.4) is 0 Å². The second kappa shape index (κ2) is 5.40. The molecule has 6 heteroatoms. The third-order valence-electron chi connectivity index (χ3n) is 2.91. The summed E-state index contributed by atoms with van der Waals surface area (Å²) in [6, 6.07) is 3.17. The monoisotopic (exact) mass is 281 g/mol.